The summed E-state index contributed by atoms with van der Waals surface area (Å²) in [7, 11) is 0. The van der Waals surface area contributed by atoms with E-state index >= 15 is 0 Å². The van der Waals surface area contributed by atoms with Gasteiger partial charge in [-0.05, 0) is 36.4 Å². The van der Waals surface area contributed by atoms with Crippen molar-refractivity contribution in [3.63, 3.8) is 0 Å². The molecule has 3 rings (SSSR count). The Labute approximate surface area is 137 Å². The van der Waals surface area contributed by atoms with Gasteiger partial charge in [-0.2, -0.15) is 13.2 Å². The number of alkyl halides is 3. The first-order valence-corrected chi connectivity index (χ1v) is 8.12. The molecule has 2 aromatic carbocycles. The van der Waals surface area contributed by atoms with Crippen LogP contribution in [-0.4, -0.2) is 10.9 Å². The molecule has 1 aliphatic rings. The molecule has 2 aromatic rings. The summed E-state index contributed by atoms with van der Waals surface area (Å²) in [6, 6.07) is 16.8. The number of para-hydroxylation sites is 1. The molecule has 23 heavy (non-hydrogen) atoms. The fourth-order valence-electron chi connectivity index (χ4n) is 2.62. The number of benzene rings is 2. The van der Waals surface area contributed by atoms with Crippen molar-refractivity contribution in [2.45, 2.75) is 30.3 Å². The molecule has 2 nitrogen and oxygen atoms in total. The van der Waals surface area contributed by atoms with Crippen LogP contribution in [-0.2, 0) is 4.84 Å². The van der Waals surface area contributed by atoms with Gasteiger partial charge in [0.2, 0.25) is 0 Å². The Morgan fingerprint density at radius 2 is 1.70 bits per heavy atom. The number of anilines is 1. The van der Waals surface area contributed by atoms with Crippen LogP contribution in [0, 0.1) is 6.92 Å². The lowest BCUT2D eigenvalue weighted by molar-refractivity contribution is -0.0362. The minimum atomic E-state index is -4.31. The lowest BCUT2D eigenvalue weighted by Crippen LogP contribution is -2.22. The second-order valence-corrected chi connectivity index (χ2v) is 6.65. The second kappa shape index (κ2) is 6.45. The Morgan fingerprint density at radius 3 is 2.30 bits per heavy atom. The number of hydrogen-bond acceptors (Lipinski definition) is 3. The van der Waals surface area contributed by atoms with Crippen LogP contribution in [0.2, 0.25) is 0 Å². The maximum Gasteiger partial charge on any atom is 0.444 e. The highest BCUT2D eigenvalue weighted by Gasteiger charge is 2.42. The summed E-state index contributed by atoms with van der Waals surface area (Å²) in [4.78, 5) is 5.60. The molecule has 0 radical (unpaired) electrons. The third kappa shape index (κ3) is 4.00. The van der Waals surface area contributed by atoms with Gasteiger partial charge in [0.25, 0.3) is 0 Å². The standard InChI is InChI=1S/C17H16F3NOS/c1-12-7-9-13(10-8-12)15-11-16(23-17(18,19)20)22-21(15)14-5-3-2-4-6-14/h2-10,15-16H,11H2,1H3. The van der Waals surface area contributed by atoms with E-state index in [-0.39, 0.29) is 24.2 Å². The molecular formula is C17H16F3NOS. The second-order valence-electron chi connectivity index (χ2n) is 5.42. The maximum atomic E-state index is 12.7. The number of hydroxylamine groups is 1. The molecule has 0 bridgehead atoms. The summed E-state index contributed by atoms with van der Waals surface area (Å²) in [5.41, 5.74) is -2.44. The van der Waals surface area contributed by atoms with Crippen molar-refractivity contribution in [2.75, 3.05) is 5.06 Å². The van der Waals surface area contributed by atoms with Gasteiger partial charge in [-0.3, -0.25) is 4.84 Å². The van der Waals surface area contributed by atoms with Crippen LogP contribution in [0.15, 0.2) is 54.6 Å². The summed E-state index contributed by atoms with van der Waals surface area (Å²) >= 11 is -0.0996. The van der Waals surface area contributed by atoms with Crippen molar-refractivity contribution in [1.82, 2.24) is 0 Å². The summed E-state index contributed by atoms with van der Waals surface area (Å²) < 4.78 is 38.1. The van der Waals surface area contributed by atoms with E-state index in [0.717, 1.165) is 16.8 Å². The Balaban J connectivity index is 1.88. The zero-order chi connectivity index (χ0) is 16.4. The van der Waals surface area contributed by atoms with Gasteiger partial charge < -0.3 is 0 Å². The van der Waals surface area contributed by atoms with E-state index in [4.69, 9.17) is 4.84 Å². The van der Waals surface area contributed by atoms with E-state index in [0.29, 0.717) is 0 Å². The average molecular weight is 339 g/mol. The van der Waals surface area contributed by atoms with Crippen LogP contribution in [0.3, 0.4) is 0 Å². The minimum absolute atomic E-state index is 0.0996. The lowest BCUT2D eigenvalue weighted by atomic mass is 10.0. The summed E-state index contributed by atoms with van der Waals surface area (Å²) in [5, 5.41) is 1.59. The number of hydrogen-bond donors (Lipinski definition) is 0. The monoisotopic (exact) mass is 339 g/mol. The molecule has 0 saturated carbocycles. The molecular weight excluding hydrogens is 323 g/mol. The molecule has 1 aliphatic heterocycles. The van der Waals surface area contributed by atoms with Gasteiger partial charge in [0.15, 0.2) is 0 Å². The number of rotatable bonds is 3. The van der Waals surface area contributed by atoms with Crippen molar-refractivity contribution in [3.05, 3.63) is 65.7 Å². The van der Waals surface area contributed by atoms with Gasteiger partial charge in [0.05, 0.1) is 11.7 Å². The Bertz CT molecular complexity index is 645. The van der Waals surface area contributed by atoms with Crippen LogP contribution in [0.4, 0.5) is 18.9 Å². The van der Waals surface area contributed by atoms with Crippen LogP contribution in [0.25, 0.3) is 0 Å². The largest absolute Gasteiger partial charge is 0.444 e. The van der Waals surface area contributed by atoms with E-state index in [1.165, 1.54) is 0 Å². The molecule has 0 aliphatic carbocycles. The van der Waals surface area contributed by atoms with Crippen molar-refractivity contribution in [3.8, 4) is 0 Å². The van der Waals surface area contributed by atoms with Gasteiger partial charge in [0.1, 0.15) is 5.44 Å². The van der Waals surface area contributed by atoms with Gasteiger partial charge >= 0.3 is 5.51 Å². The fourth-order valence-corrected chi connectivity index (χ4v) is 3.33. The molecule has 1 heterocycles. The molecule has 2 atom stereocenters. The molecule has 1 fully saturated rings. The zero-order valence-corrected chi connectivity index (χ0v) is 13.3. The molecule has 0 aromatic heterocycles. The van der Waals surface area contributed by atoms with Crippen molar-refractivity contribution < 1.29 is 18.0 Å². The van der Waals surface area contributed by atoms with Crippen LogP contribution in [0.1, 0.15) is 23.6 Å². The predicted octanol–water partition coefficient (Wildman–Crippen LogP) is 5.46. The molecule has 2 unspecified atom stereocenters. The number of aryl methyl sites for hydroxylation is 1. The molecule has 0 amide bonds. The van der Waals surface area contributed by atoms with E-state index in [1.807, 2.05) is 61.5 Å². The smallest absolute Gasteiger partial charge is 0.258 e. The van der Waals surface area contributed by atoms with Gasteiger partial charge in [-0.1, -0.05) is 48.0 Å². The SMILES string of the molecule is Cc1ccc(C2CC(SC(F)(F)F)ON2c2ccccc2)cc1. The van der Waals surface area contributed by atoms with Crippen molar-refractivity contribution >= 4 is 17.4 Å². The quantitative estimate of drug-likeness (QED) is 0.737. The van der Waals surface area contributed by atoms with Crippen LogP contribution < -0.4 is 5.06 Å². The maximum absolute atomic E-state index is 12.7. The third-order valence-electron chi connectivity index (χ3n) is 3.67. The van der Waals surface area contributed by atoms with Crippen molar-refractivity contribution in [1.29, 1.82) is 0 Å². The van der Waals surface area contributed by atoms with E-state index in [9.17, 15) is 13.2 Å². The highest BCUT2D eigenvalue weighted by molar-refractivity contribution is 8.00. The highest BCUT2D eigenvalue weighted by Crippen LogP contribution is 2.46. The molecule has 0 spiro atoms. The van der Waals surface area contributed by atoms with E-state index in [2.05, 4.69) is 0 Å². The summed E-state index contributed by atoms with van der Waals surface area (Å²) in [6.07, 6.45) is 0.280. The predicted molar refractivity (Wildman–Crippen MR) is 86.0 cm³/mol. The zero-order valence-electron chi connectivity index (χ0n) is 12.5. The first-order chi connectivity index (χ1) is 10.9. The van der Waals surface area contributed by atoms with Crippen LogP contribution in [0.5, 0.6) is 0 Å². The van der Waals surface area contributed by atoms with Gasteiger partial charge in [-0.25, -0.2) is 5.06 Å². The Hall–Kier alpha value is -1.66. The number of thioether (sulfide) groups is 1. The molecule has 1 saturated heterocycles. The minimum Gasteiger partial charge on any atom is -0.258 e. The molecule has 0 N–H and O–H groups in total. The first-order valence-electron chi connectivity index (χ1n) is 7.24. The topological polar surface area (TPSA) is 12.5 Å². The van der Waals surface area contributed by atoms with E-state index in [1.54, 1.807) is 5.06 Å². The van der Waals surface area contributed by atoms with Gasteiger partial charge in [-0.15, -0.1) is 0 Å². The Kier molecular flexibility index (Phi) is 4.55. The highest BCUT2D eigenvalue weighted by atomic mass is 32.2. The summed E-state index contributed by atoms with van der Waals surface area (Å²) in [6.45, 7) is 1.98. The molecule has 6 heteroatoms. The average Bonchev–Trinajstić information content (AvgIpc) is 2.90. The summed E-state index contributed by atoms with van der Waals surface area (Å²) in [5.74, 6) is 0. The lowest BCUT2D eigenvalue weighted by Gasteiger charge is -2.25. The number of halogens is 3. The third-order valence-corrected chi connectivity index (χ3v) is 4.48. The van der Waals surface area contributed by atoms with Gasteiger partial charge in [0, 0.05) is 6.42 Å². The first kappa shape index (κ1) is 16.2. The normalized spacial score (nSPS) is 21.7. The fraction of sp³-hybridized carbons (Fsp3) is 0.294. The van der Waals surface area contributed by atoms with Crippen molar-refractivity contribution in [2.24, 2.45) is 0 Å². The van der Waals surface area contributed by atoms with E-state index < -0.39 is 10.9 Å². The molecule has 122 valence electrons. The Morgan fingerprint density at radius 1 is 1.04 bits per heavy atom. The number of nitrogens with zero attached hydrogens (tertiary/aromatic N) is 1. The van der Waals surface area contributed by atoms with Crippen LogP contribution >= 0.6 is 11.8 Å².